The van der Waals surface area contributed by atoms with Crippen LogP contribution >= 0.6 is 0 Å². The molecule has 0 aliphatic carbocycles. The van der Waals surface area contributed by atoms with E-state index in [0.29, 0.717) is 0 Å². The van der Waals surface area contributed by atoms with Gasteiger partial charge in [-0.2, -0.15) is 0 Å². The fourth-order valence-corrected chi connectivity index (χ4v) is 4.66. The van der Waals surface area contributed by atoms with Gasteiger partial charge in [-0.15, -0.1) is 0 Å². The van der Waals surface area contributed by atoms with Crippen LogP contribution in [0.5, 0.6) is 0 Å². The Kier molecular flexibility index (Phi) is 4.41. The largest absolute Gasteiger partial charge is 0.376 e. The van der Waals surface area contributed by atoms with E-state index in [4.69, 9.17) is 0 Å². The molecule has 2 aliphatic rings. The number of allylic oxidation sites excluding steroid dienone is 2. The van der Waals surface area contributed by atoms with Crippen LogP contribution < -0.4 is 10.6 Å². The third-order valence-electron chi connectivity index (χ3n) is 5.79. The number of rotatable bonds is 3. The summed E-state index contributed by atoms with van der Waals surface area (Å²) in [6.07, 6.45) is 6.77. The van der Waals surface area contributed by atoms with Crippen molar-refractivity contribution in [2.24, 2.45) is 0 Å². The predicted octanol–water partition coefficient (Wildman–Crippen LogP) is 6.69. The zero-order valence-corrected chi connectivity index (χ0v) is 18.0. The maximum atomic E-state index is 3.62. The second kappa shape index (κ2) is 6.55. The highest BCUT2D eigenvalue weighted by molar-refractivity contribution is 5.81. The lowest BCUT2D eigenvalue weighted by atomic mass is 9.88. The van der Waals surface area contributed by atoms with Crippen LogP contribution in [0.4, 0.5) is 11.4 Å². The first-order valence-electron chi connectivity index (χ1n) is 10.3. The Hall–Kier alpha value is -2.48. The molecule has 2 N–H and O–H groups in total. The van der Waals surface area contributed by atoms with E-state index in [9.17, 15) is 0 Å². The first-order chi connectivity index (χ1) is 13.1. The van der Waals surface area contributed by atoms with Gasteiger partial charge in [0.2, 0.25) is 0 Å². The number of hydrogen-bond donors (Lipinski definition) is 2. The minimum absolute atomic E-state index is 0.0235. The molecule has 0 saturated carbocycles. The Morgan fingerprint density at radius 1 is 0.643 bits per heavy atom. The summed E-state index contributed by atoms with van der Waals surface area (Å²) >= 11 is 0. The third kappa shape index (κ3) is 3.73. The molecule has 0 bridgehead atoms. The Labute approximate surface area is 169 Å². The van der Waals surface area contributed by atoms with Crippen LogP contribution in [0.15, 0.2) is 48.6 Å². The first kappa shape index (κ1) is 18.9. The van der Waals surface area contributed by atoms with E-state index >= 15 is 0 Å². The van der Waals surface area contributed by atoms with Gasteiger partial charge in [-0.1, -0.05) is 24.3 Å². The van der Waals surface area contributed by atoms with E-state index in [0.717, 1.165) is 12.8 Å². The molecule has 0 amide bonds. The highest BCUT2D eigenvalue weighted by atomic mass is 15.0. The molecule has 0 aromatic heterocycles. The van der Waals surface area contributed by atoms with E-state index in [-0.39, 0.29) is 11.1 Å². The molecule has 0 spiro atoms. The number of fused-ring (bicyclic) bond motifs is 2. The fourth-order valence-electron chi connectivity index (χ4n) is 4.66. The molecule has 2 heterocycles. The molecule has 0 saturated heterocycles. The van der Waals surface area contributed by atoms with Crippen molar-refractivity contribution in [2.45, 2.75) is 65.5 Å². The van der Waals surface area contributed by atoms with Crippen molar-refractivity contribution < 1.29 is 0 Å². The minimum atomic E-state index is 0.0235. The molecular weight excluding hydrogens is 340 g/mol. The smallest absolute Gasteiger partial charge is 0.0505 e. The molecule has 146 valence electrons. The van der Waals surface area contributed by atoms with Gasteiger partial charge in [0.1, 0.15) is 0 Å². The lowest BCUT2D eigenvalue weighted by molar-refractivity contribution is 0.706. The summed E-state index contributed by atoms with van der Waals surface area (Å²) in [5.41, 5.74) is 10.8. The van der Waals surface area contributed by atoms with Crippen molar-refractivity contribution in [3.05, 3.63) is 70.8 Å². The van der Waals surface area contributed by atoms with Gasteiger partial charge >= 0.3 is 0 Å². The van der Waals surface area contributed by atoms with Crippen molar-refractivity contribution >= 4 is 22.5 Å². The van der Waals surface area contributed by atoms with Crippen LogP contribution in [-0.2, 0) is 12.8 Å². The SMILES string of the molecule is CC1=CC(C)(C)Nc2ccc(CCc3ccc4c(c3)C(C)=CC(C)(C)N4)cc21. The van der Waals surface area contributed by atoms with Gasteiger partial charge in [-0.25, -0.2) is 0 Å². The Morgan fingerprint density at radius 3 is 1.43 bits per heavy atom. The summed E-state index contributed by atoms with van der Waals surface area (Å²) in [4.78, 5) is 0. The van der Waals surface area contributed by atoms with Gasteiger partial charge in [0, 0.05) is 22.5 Å². The summed E-state index contributed by atoms with van der Waals surface area (Å²) < 4.78 is 0. The summed E-state index contributed by atoms with van der Waals surface area (Å²) in [5.74, 6) is 0. The molecule has 2 aromatic rings. The number of nitrogens with one attached hydrogen (secondary N) is 2. The van der Waals surface area contributed by atoms with Crippen LogP contribution in [0.1, 0.15) is 63.8 Å². The third-order valence-corrected chi connectivity index (χ3v) is 5.79. The second-order valence-corrected chi connectivity index (χ2v) is 9.61. The maximum Gasteiger partial charge on any atom is 0.0505 e. The predicted molar refractivity (Wildman–Crippen MR) is 123 cm³/mol. The fraction of sp³-hybridized carbons (Fsp3) is 0.385. The van der Waals surface area contributed by atoms with Gasteiger partial charge in [0.25, 0.3) is 0 Å². The van der Waals surface area contributed by atoms with E-state index < -0.39 is 0 Å². The summed E-state index contributed by atoms with van der Waals surface area (Å²) in [6.45, 7) is 13.3. The lowest BCUT2D eigenvalue weighted by Gasteiger charge is -2.32. The van der Waals surface area contributed by atoms with Gasteiger partial charge in [0.05, 0.1) is 11.1 Å². The molecule has 0 unspecified atom stereocenters. The molecule has 0 atom stereocenters. The summed E-state index contributed by atoms with van der Waals surface area (Å²) in [6, 6.07) is 13.7. The Balaban J connectivity index is 1.52. The van der Waals surface area contributed by atoms with Gasteiger partial charge < -0.3 is 10.6 Å². The number of anilines is 2. The maximum absolute atomic E-state index is 3.62. The normalized spacial score (nSPS) is 18.8. The molecular formula is C26H32N2. The van der Waals surface area contributed by atoms with E-state index in [2.05, 4.69) is 101 Å². The highest BCUT2D eigenvalue weighted by Crippen LogP contribution is 2.36. The van der Waals surface area contributed by atoms with Crippen LogP contribution in [0, 0.1) is 0 Å². The van der Waals surface area contributed by atoms with Crippen LogP contribution in [0.2, 0.25) is 0 Å². The zero-order chi connectivity index (χ0) is 20.1. The minimum Gasteiger partial charge on any atom is -0.376 e. The molecule has 2 heteroatoms. The van der Waals surface area contributed by atoms with Crippen molar-refractivity contribution in [2.75, 3.05) is 10.6 Å². The van der Waals surface area contributed by atoms with Crippen LogP contribution in [0.3, 0.4) is 0 Å². The zero-order valence-electron chi connectivity index (χ0n) is 18.0. The quantitative estimate of drug-likeness (QED) is 0.627. The lowest BCUT2D eigenvalue weighted by Crippen LogP contribution is -2.31. The van der Waals surface area contributed by atoms with Gasteiger partial charge in [-0.3, -0.25) is 0 Å². The molecule has 2 aromatic carbocycles. The van der Waals surface area contributed by atoms with Crippen molar-refractivity contribution in [1.82, 2.24) is 0 Å². The monoisotopic (exact) mass is 372 g/mol. The van der Waals surface area contributed by atoms with E-state index in [1.807, 2.05) is 0 Å². The standard InChI is InChI=1S/C26H32N2/c1-17-15-25(3,4)27-23-11-9-19(13-21(17)23)7-8-20-10-12-24-22(14-20)18(2)16-26(5,6)28-24/h9-16,27-28H,7-8H2,1-6H3. The van der Waals surface area contributed by atoms with Crippen molar-refractivity contribution in [3.63, 3.8) is 0 Å². The molecule has 2 aliphatic heterocycles. The van der Waals surface area contributed by atoms with Crippen LogP contribution in [0.25, 0.3) is 11.1 Å². The molecule has 4 rings (SSSR count). The van der Waals surface area contributed by atoms with Gasteiger partial charge in [0.15, 0.2) is 0 Å². The molecule has 0 radical (unpaired) electrons. The van der Waals surface area contributed by atoms with Gasteiger partial charge in [-0.05, 0) is 101 Å². The average Bonchev–Trinajstić information content (AvgIpc) is 2.58. The Morgan fingerprint density at radius 2 is 1.04 bits per heavy atom. The molecule has 2 nitrogen and oxygen atoms in total. The number of benzene rings is 2. The highest BCUT2D eigenvalue weighted by Gasteiger charge is 2.23. The average molecular weight is 373 g/mol. The second-order valence-electron chi connectivity index (χ2n) is 9.61. The molecule has 28 heavy (non-hydrogen) atoms. The number of aryl methyl sites for hydroxylation is 2. The molecule has 0 fully saturated rings. The van der Waals surface area contributed by atoms with E-state index in [1.165, 1.54) is 44.8 Å². The Bertz CT molecular complexity index is 908. The topological polar surface area (TPSA) is 24.1 Å². The van der Waals surface area contributed by atoms with Crippen LogP contribution in [-0.4, -0.2) is 11.1 Å². The number of hydrogen-bond acceptors (Lipinski definition) is 2. The summed E-state index contributed by atoms with van der Waals surface area (Å²) in [7, 11) is 0. The summed E-state index contributed by atoms with van der Waals surface area (Å²) in [5, 5.41) is 7.25. The van der Waals surface area contributed by atoms with Crippen molar-refractivity contribution in [1.29, 1.82) is 0 Å². The van der Waals surface area contributed by atoms with Crippen molar-refractivity contribution in [3.8, 4) is 0 Å². The van der Waals surface area contributed by atoms with E-state index in [1.54, 1.807) is 0 Å². The first-order valence-corrected chi connectivity index (χ1v) is 10.3.